The van der Waals surface area contributed by atoms with Crippen molar-refractivity contribution >= 4 is 87.1 Å². The molecule has 0 aliphatic rings. The fraction of sp³-hybridized carbons (Fsp3) is 0.333. The summed E-state index contributed by atoms with van der Waals surface area (Å²) in [7, 11) is 0. The molecule has 1 atom stereocenters. The third-order valence-electron chi connectivity index (χ3n) is 2.32. The maximum atomic E-state index is 11.5. The predicted molar refractivity (Wildman–Crippen MR) is 100 cm³/mol. The molecule has 1 aromatic carbocycles. The minimum atomic E-state index is -1.87. The van der Waals surface area contributed by atoms with Gasteiger partial charge in [0.25, 0.3) is 0 Å². The van der Waals surface area contributed by atoms with Crippen LogP contribution in [0.4, 0.5) is 10.5 Å². The Labute approximate surface area is 163 Å². The lowest BCUT2D eigenvalue weighted by Gasteiger charge is -2.27. The van der Waals surface area contributed by atoms with E-state index in [0.29, 0.717) is 15.7 Å². The lowest BCUT2D eigenvalue weighted by atomic mass is 10.3. The second-order valence-corrected chi connectivity index (χ2v) is 7.68. The highest BCUT2D eigenvalue weighted by molar-refractivity contribution is 7.80. The van der Waals surface area contributed by atoms with E-state index in [-0.39, 0.29) is 11.7 Å². The molecule has 0 saturated heterocycles. The number of nitrogens with one attached hydrogen (secondary N) is 3. The van der Waals surface area contributed by atoms with Gasteiger partial charge in [0.05, 0.1) is 17.3 Å². The highest BCUT2D eigenvalue weighted by Crippen LogP contribution is 2.29. The first kappa shape index (κ1) is 20.7. The topological polar surface area (TPSA) is 62.4 Å². The zero-order valence-electron chi connectivity index (χ0n) is 11.6. The molecule has 0 heterocycles. The number of benzene rings is 1. The first-order valence-electron chi connectivity index (χ1n) is 6.16. The lowest BCUT2D eigenvalue weighted by molar-refractivity contribution is 0.147. The molecular formula is C12H12Cl5N3O2S. The van der Waals surface area contributed by atoms with Gasteiger partial charge in [-0.05, 0) is 37.3 Å². The molecule has 5 nitrogen and oxygen atoms in total. The molecule has 23 heavy (non-hydrogen) atoms. The van der Waals surface area contributed by atoms with Crippen LogP contribution in [-0.4, -0.2) is 27.8 Å². The van der Waals surface area contributed by atoms with Crippen molar-refractivity contribution in [3.05, 3.63) is 28.2 Å². The minimum Gasteiger partial charge on any atom is -0.450 e. The number of hydrogen-bond acceptors (Lipinski definition) is 3. The second kappa shape index (κ2) is 9.20. The second-order valence-electron chi connectivity index (χ2n) is 4.06. The summed E-state index contributed by atoms with van der Waals surface area (Å²) in [6.45, 7) is 1.81. The molecule has 1 unspecified atom stereocenters. The van der Waals surface area contributed by atoms with Crippen molar-refractivity contribution in [2.24, 2.45) is 0 Å². The van der Waals surface area contributed by atoms with Gasteiger partial charge >= 0.3 is 6.09 Å². The fourth-order valence-corrected chi connectivity index (χ4v) is 2.38. The van der Waals surface area contributed by atoms with Crippen LogP contribution in [-0.2, 0) is 4.74 Å². The summed E-state index contributed by atoms with van der Waals surface area (Å²) in [6.07, 6.45) is -1.89. The molecule has 0 spiro atoms. The van der Waals surface area contributed by atoms with Crippen molar-refractivity contribution in [3.63, 3.8) is 0 Å². The van der Waals surface area contributed by atoms with Crippen LogP contribution < -0.4 is 16.0 Å². The zero-order chi connectivity index (χ0) is 17.6. The Kier molecular flexibility index (Phi) is 8.27. The fourth-order valence-electron chi connectivity index (χ4n) is 1.37. The van der Waals surface area contributed by atoms with Crippen molar-refractivity contribution in [2.45, 2.75) is 16.9 Å². The Morgan fingerprint density at radius 1 is 1.30 bits per heavy atom. The quantitative estimate of drug-likeness (QED) is 0.360. The van der Waals surface area contributed by atoms with E-state index in [2.05, 4.69) is 16.0 Å². The normalized spacial score (nSPS) is 12.3. The Balaban J connectivity index is 2.75. The molecule has 0 radical (unpaired) electrons. The van der Waals surface area contributed by atoms with Crippen LogP contribution >= 0.6 is 70.2 Å². The van der Waals surface area contributed by atoms with Crippen LogP contribution in [0.15, 0.2) is 18.2 Å². The SMILES string of the molecule is CCOC(=O)NC(NC(=S)Nc1ccc(Cl)cc1Cl)C(Cl)(Cl)Cl. The zero-order valence-corrected chi connectivity index (χ0v) is 16.2. The van der Waals surface area contributed by atoms with Crippen LogP contribution in [0.1, 0.15) is 6.92 Å². The van der Waals surface area contributed by atoms with Gasteiger partial charge < -0.3 is 15.4 Å². The van der Waals surface area contributed by atoms with E-state index in [0.717, 1.165) is 0 Å². The van der Waals surface area contributed by atoms with E-state index in [1.165, 1.54) is 6.07 Å². The Hall–Kier alpha value is -0.370. The Morgan fingerprint density at radius 3 is 2.48 bits per heavy atom. The van der Waals surface area contributed by atoms with E-state index in [4.69, 9.17) is 75.0 Å². The smallest absolute Gasteiger partial charge is 0.408 e. The molecule has 3 N–H and O–H groups in total. The van der Waals surface area contributed by atoms with Gasteiger partial charge in [-0.3, -0.25) is 5.32 Å². The molecular weight excluding hydrogens is 427 g/mol. The molecule has 11 heteroatoms. The number of thiocarbonyl (C=S) groups is 1. The number of halogens is 5. The summed E-state index contributed by atoms with van der Waals surface area (Å²) in [4.78, 5) is 11.5. The number of anilines is 1. The number of amides is 1. The molecule has 1 amide bonds. The first-order valence-corrected chi connectivity index (χ1v) is 8.46. The van der Waals surface area contributed by atoms with Crippen LogP contribution in [0, 0.1) is 0 Å². The molecule has 1 aromatic rings. The largest absolute Gasteiger partial charge is 0.450 e. The standard InChI is InChI=1S/C12H12Cl5N3O2S/c1-2-22-11(21)20-9(12(15,16)17)19-10(23)18-8-4-3-6(13)5-7(8)14/h3-5,9H,2H2,1H3,(H,20,21)(H2,18,19,23). The summed E-state index contributed by atoms with van der Waals surface area (Å²) in [5.74, 6) is 0. The van der Waals surface area contributed by atoms with Crippen molar-refractivity contribution in [2.75, 3.05) is 11.9 Å². The van der Waals surface area contributed by atoms with Gasteiger partial charge in [0, 0.05) is 5.02 Å². The van der Waals surface area contributed by atoms with E-state index < -0.39 is 16.1 Å². The maximum absolute atomic E-state index is 11.5. The van der Waals surface area contributed by atoms with Gasteiger partial charge in [-0.1, -0.05) is 58.0 Å². The number of rotatable bonds is 4. The summed E-state index contributed by atoms with van der Waals surface area (Å²) in [6, 6.07) is 4.79. The van der Waals surface area contributed by atoms with E-state index in [1.807, 2.05) is 0 Å². The lowest BCUT2D eigenvalue weighted by Crippen LogP contribution is -2.56. The summed E-state index contributed by atoms with van der Waals surface area (Å²) < 4.78 is 2.86. The maximum Gasteiger partial charge on any atom is 0.408 e. The number of ether oxygens (including phenoxy) is 1. The number of hydrogen-bond donors (Lipinski definition) is 3. The molecule has 0 aliphatic heterocycles. The monoisotopic (exact) mass is 437 g/mol. The van der Waals surface area contributed by atoms with Crippen LogP contribution in [0.25, 0.3) is 0 Å². The number of carbonyl (C=O) groups excluding carboxylic acids is 1. The minimum absolute atomic E-state index is 0.0716. The van der Waals surface area contributed by atoms with E-state index >= 15 is 0 Å². The van der Waals surface area contributed by atoms with Crippen LogP contribution in [0.2, 0.25) is 10.0 Å². The van der Waals surface area contributed by atoms with Gasteiger partial charge in [0.15, 0.2) is 11.3 Å². The van der Waals surface area contributed by atoms with Gasteiger partial charge in [-0.25, -0.2) is 4.79 Å². The van der Waals surface area contributed by atoms with Crippen LogP contribution in [0.3, 0.4) is 0 Å². The van der Waals surface area contributed by atoms with E-state index in [1.54, 1.807) is 19.1 Å². The number of carbonyl (C=O) groups is 1. The highest BCUT2D eigenvalue weighted by Gasteiger charge is 2.35. The Morgan fingerprint density at radius 2 is 1.96 bits per heavy atom. The molecule has 0 bridgehead atoms. The summed E-state index contributed by atoms with van der Waals surface area (Å²) in [5, 5.41) is 8.71. The third-order valence-corrected chi connectivity index (χ3v) is 3.74. The average Bonchev–Trinajstić information content (AvgIpc) is 2.40. The molecule has 128 valence electrons. The Bertz CT molecular complexity index is 582. The molecule has 0 aliphatic carbocycles. The van der Waals surface area contributed by atoms with Crippen molar-refractivity contribution < 1.29 is 9.53 Å². The number of alkyl carbamates (subject to hydrolysis) is 1. The highest BCUT2D eigenvalue weighted by atomic mass is 35.6. The molecule has 0 saturated carbocycles. The molecule has 1 rings (SSSR count). The van der Waals surface area contributed by atoms with Gasteiger partial charge in [0.2, 0.25) is 3.79 Å². The first-order chi connectivity index (χ1) is 10.6. The van der Waals surface area contributed by atoms with Gasteiger partial charge in [-0.15, -0.1) is 0 Å². The van der Waals surface area contributed by atoms with Crippen molar-refractivity contribution in [3.8, 4) is 0 Å². The van der Waals surface area contributed by atoms with Crippen LogP contribution in [0.5, 0.6) is 0 Å². The average molecular weight is 440 g/mol. The van der Waals surface area contributed by atoms with E-state index in [9.17, 15) is 4.79 Å². The predicted octanol–water partition coefficient (Wildman–Crippen LogP) is 4.72. The molecule has 0 fully saturated rings. The third kappa shape index (κ3) is 7.37. The molecule has 0 aromatic heterocycles. The summed E-state index contributed by atoms with van der Waals surface area (Å²) >= 11 is 34.4. The van der Waals surface area contributed by atoms with Gasteiger partial charge in [0.1, 0.15) is 0 Å². The van der Waals surface area contributed by atoms with Crippen molar-refractivity contribution in [1.82, 2.24) is 10.6 Å². The summed E-state index contributed by atoms with van der Waals surface area (Å²) in [5.41, 5.74) is 0.493. The van der Waals surface area contributed by atoms with Gasteiger partial charge in [-0.2, -0.15) is 0 Å². The number of alkyl halides is 3. The van der Waals surface area contributed by atoms with Crippen molar-refractivity contribution in [1.29, 1.82) is 0 Å².